The molecular formula is C21H13BrO6. The largest absolute Gasteiger partial charge is 0.508 e. The van der Waals surface area contributed by atoms with Crippen LogP contribution in [0.3, 0.4) is 0 Å². The second-order valence-electron chi connectivity index (χ2n) is 6.19. The van der Waals surface area contributed by atoms with Gasteiger partial charge in [-0.05, 0) is 54.6 Å². The number of halogens is 1. The highest BCUT2D eigenvalue weighted by molar-refractivity contribution is 9.10. The molecule has 4 aromatic rings. The summed E-state index contributed by atoms with van der Waals surface area (Å²) in [5.74, 6) is -2.07. The minimum absolute atomic E-state index is 0.0181. The van der Waals surface area contributed by atoms with E-state index in [4.69, 9.17) is 4.42 Å². The van der Waals surface area contributed by atoms with Crippen LogP contribution in [-0.2, 0) is 0 Å². The molecule has 0 saturated heterocycles. The molecule has 0 aliphatic rings. The standard InChI is InChI=1S/C21H13BrO6/c22-12-3-6-17-14(9-12)18(21(28-17)10-1-4-13(23)5-2-10)19(26)11-7-15(24)20(27)16(25)8-11/h1-9,23-25,27H. The monoisotopic (exact) mass is 440 g/mol. The molecule has 3 aromatic carbocycles. The summed E-state index contributed by atoms with van der Waals surface area (Å²) in [6.07, 6.45) is 0. The van der Waals surface area contributed by atoms with Crippen LogP contribution in [0.15, 0.2) is 63.5 Å². The van der Waals surface area contributed by atoms with Crippen molar-refractivity contribution >= 4 is 32.7 Å². The lowest BCUT2D eigenvalue weighted by molar-refractivity contribution is 0.103. The number of carbonyl (C=O) groups excluding carboxylic acids is 1. The molecule has 0 unspecified atom stereocenters. The third-order valence-corrected chi connectivity index (χ3v) is 4.83. The molecule has 7 heteroatoms. The number of aromatic hydroxyl groups is 4. The first kappa shape index (κ1) is 17.9. The van der Waals surface area contributed by atoms with Crippen molar-refractivity contribution < 1.29 is 29.6 Å². The number of phenolic OH excluding ortho intramolecular Hbond substituents is 4. The van der Waals surface area contributed by atoms with E-state index in [1.165, 1.54) is 12.1 Å². The third-order valence-electron chi connectivity index (χ3n) is 4.34. The van der Waals surface area contributed by atoms with Gasteiger partial charge in [-0.3, -0.25) is 4.79 Å². The van der Waals surface area contributed by atoms with E-state index in [1.54, 1.807) is 30.3 Å². The van der Waals surface area contributed by atoms with Crippen LogP contribution in [0.2, 0.25) is 0 Å². The molecule has 6 nitrogen and oxygen atoms in total. The number of rotatable bonds is 3. The molecule has 0 amide bonds. The highest BCUT2D eigenvalue weighted by atomic mass is 79.9. The fraction of sp³-hybridized carbons (Fsp3) is 0. The number of furan rings is 1. The van der Waals surface area contributed by atoms with Crippen molar-refractivity contribution in [3.05, 3.63) is 70.2 Å². The molecular weight excluding hydrogens is 428 g/mol. The second-order valence-corrected chi connectivity index (χ2v) is 7.10. The van der Waals surface area contributed by atoms with Crippen molar-refractivity contribution in [2.24, 2.45) is 0 Å². The van der Waals surface area contributed by atoms with Gasteiger partial charge in [0.15, 0.2) is 23.0 Å². The van der Waals surface area contributed by atoms with Crippen LogP contribution < -0.4 is 0 Å². The van der Waals surface area contributed by atoms with Gasteiger partial charge in [-0.2, -0.15) is 0 Å². The summed E-state index contributed by atoms with van der Waals surface area (Å²) in [5.41, 5.74) is 1.25. The predicted octanol–water partition coefficient (Wildman–Crippen LogP) is 4.92. The Balaban J connectivity index is 1.98. The molecule has 0 atom stereocenters. The zero-order valence-corrected chi connectivity index (χ0v) is 15.8. The van der Waals surface area contributed by atoms with Gasteiger partial charge < -0.3 is 24.8 Å². The Morgan fingerprint density at radius 1 is 0.857 bits per heavy atom. The van der Waals surface area contributed by atoms with Crippen molar-refractivity contribution in [1.29, 1.82) is 0 Å². The third kappa shape index (κ3) is 2.95. The predicted molar refractivity (Wildman–Crippen MR) is 106 cm³/mol. The average Bonchev–Trinajstić information content (AvgIpc) is 3.04. The van der Waals surface area contributed by atoms with Crippen LogP contribution in [0, 0.1) is 0 Å². The normalized spacial score (nSPS) is 11.0. The molecule has 4 N–H and O–H groups in total. The van der Waals surface area contributed by atoms with Crippen LogP contribution in [0.4, 0.5) is 0 Å². The molecule has 28 heavy (non-hydrogen) atoms. The quantitative estimate of drug-likeness (QED) is 0.266. The lowest BCUT2D eigenvalue weighted by Gasteiger charge is -2.07. The maximum Gasteiger partial charge on any atom is 0.200 e. The van der Waals surface area contributed by atoms with Crippen molar-refractivity contribution in [3.63, 3.8) is 0 Å². The summed E-state index contributed by atoms with van der Waals surface area (Å²) in [5, 5.41) is 39.2. The highest BCUT2D eigenvalue weighted by Gasteiger charge is 2.25. The maximum absolute atomic E-state index is 13.3. The Hall–Kier alpha value is -3.45. The second kappa shape index (κ2) is 6.61. The Morgan fingerprint density at radius 2 is 1.50 bits per heavy atom. The molecule has 1 aromatic heterocycles. The van der Waals surface area contributed by atoms with E-state index in [0.29, 0.717) is 16.5 Å². The topological polar surface area (TPSA) is 111 Å². The Labute approximate surface area is 167 Å². The molecule has 0 spiro atoms. The van der Waals surface area contributed by atoms with E-state index in [1.807, 2.05) is 0 Å². The van der Waals surface area contributed by atoms with Gasteiger partial charge in [0, 0.05) is 21.0 Å². The first-order valence-corrected chi connectivity index (χ1v) is 8.95. The molecule has 0 saturated carbocycles. The van der Waals surface area contributed by atoms with Crippen molar-refractivity contribution in [2.45, 2.75) is 0 Å². The number of fused-ring (bicyclic) bond motifs is 1. The van der Waals surface area contributed by atoms with Crippen molar-refractivity contribution in [3.8, 4) is 34.3 Å². The first-order chi connectivity index (χ1) is 13.3. The fourth-order valence-electron chi connectivity index (χ4n) is 2.99. The van der Waals surface area contributed by atoms with Gasteiger partial charge in [0.2, 0.25) is 0 Å². The lowest BCUT2D eigenvalue weighted by Crippen LogP contribution is -2.02. The molecule has 0 aliphatic carbocycles. The van der Waals surface area contributed by atoms with Gasteiger partial charge in [0.1, 0.15) is 17.1 Å². The van der Waals surface area contributed by atoms with Crippen molar-refractivity contribution in [2.75, 3.05) is 0 Å². The Kier molecular flexibility index (Phi) is 4.24. The smallest absolute Gasteiger partial charge is 0.200 e. The summed E-state index contributed by atoms with van der Waals surface area (Å²) in [6.45, 7) is 0. The van der Waals surface area contributed by atoms with E-state index in [-0.39, 0.29) is 22.6 Å². The van der Waals surface area contributed by atoms with Gasteiger partial charge in [-0.25, -0.2) is 0 Å². The van der Waals surface area contributed by atoms with Gasteiger partial charge in [0.05, 0.1) is 5.56 Å². The number of ketones is 1. The lowest BCUT2D eigenvalue weighted by atomic mass is 9.97. The minimum atomic E-state index is -0.699. The highest BCUT2D eigenvalue weighted by Crippen LogP contribution is 2.40. The molecule has 0 fully saturated rings. The number of benzene rings is 3. The molecule has 1 heterocycles. The van der Waals surface area contributed by atoms with E-state index in [0.717, 1.165) is 16.6 Å². The van der Waals surface area contributed by atoms with E-state index < -0.39 is 23.0 Å². The summed E-state index contributed by atoms with van der Waals surface area (Å²) < 4.78 is 6.65. The van der Waals surface area contributed by atoms with Gasteiger partial charge in [-0.1, -0.05) is 15.9 Å². The van der Waals surface area contributed by atoms with Crippen molar-refractivity contribution in [1.82, 2.24) is 0 Å². The zero-order chi connectivity index (χ0) is 20.0. The summed E-state index contributed by atoms with van der Waals surface area (Å²) >= 11 is 3.38. The zero-order valence-electron chi connectivity index (χ0n) is 14.2. The van der Waals surface area contributed by atoms with Crippen LogP contribution in [0.25, 0.3) is 22.3 Å². The van der Waals surface area contributed by atoms with Crippen LogP contribution in [0.5, 0.6) is 23.0 Å². The Bertz CT molecular complexity index is 1200. The van der Waals surface area contributed by atoms with Gasteiger partial charge in [0.25, 0.3) is 0 Å². The van der Waals surface area contributed by atoms with Gasteiger partial charge >= 0.3 is 0 Å². The minimum Gasteiger partial charge on any atom is -0.508 e. The molecule has 0 bridgehead atoms. The molecule has 4 rings (SSSR count). The van der Waals surface area contributed by atoms with Crippen LogP contribution in [0.1, 0.15) is 15.9 Å². The van der Waals surface area contributed by atoms with Crippen LogP contribution in [-0.4, -0.2) is 26.2 Å². The SMILES string of the molecule is O=C(c1cc(O)c(O)c(O)c1)c1c(-c2ccc(O)cc2)oc2ccc(Br)cc12. The number of carbonyl (C=O) groups is 1. The van der Waals surface area contributed by atoms with E-state index >= 15 is 0 Å². The van der Waals surface area contributed by atoms with Gasteiger partial charge in [-0.15, -0.1) is 0 Å². The molecule has 0 radical (unpaired) electrons. The summed E-state index contributed by atoms with van der Waals surface area (Å²) in [4.78, 5) is 13.3. The maximum atomic E-state index is 13.3. The van der Waals surface area contributed by atoms with E-state index in [2.05, 4.69) is 15.9 Å². The number of hydrogen-bond acceptors (Lipinski definition) is 6. The first-order valence-electron chi connectivity index (χ1n) is 8.16. The molecule has 140 valence electrons. The summed E-state index contributed by atoms with van der Waals surface area (Å²) in [6, 6.07) is 13.6. The molecule has 0 aliphatic heterocycles. The number of phenols is 4. The van der Waals surface area contributed by atoms with Crippen LogP contribution >= 0.6 is 15.9 Å². The summed E-state index contributed by atoms with van der Waals surface area (Å²) in [7, 11) is 0. The Morgan fingerprint density at radius 3 is 2.14 bits per heavy atom. The van der Waals surface area contributed by atoms with E-state index in [9.17, 15) is 25.2 Å². The number of hydrogen-bond donors (Lipinski definition) is 4. The fourth-order valence-corrected chi connectivity index (χ4v) is 3.35. The average molecular weight is 441 g/mol.